The largest absolute Gasteiger partial charge is 0.416 e. The summed E-state index contributed by atoms with van der Waals surface area (Å²) >= 11 is 3.38. The molecule has 2 unspecified atom stereocenters. The third-order valence-corrected chi connectivity index (χ3v) is 8.47. The molecule has 2 aromatic rings. The van der Waals surface area contributed by atoms with E-state index in [0.29, 0.717) is 12.0 Å². The zero-order valence-corrected chi connectivity index (χ0v) is 21.7. The molecule has 2 amide bonds. The number of hydrogen-bond acceptors (Lipinski definition) is 3. The normalized spacial score (nSPS) is 24.8. The SMILES string of the molecule is O=C(NC1CN2CCC1CC2)C(Cc1ccc(Br)cc1)NC(=O)C1(c2ccc(F)cc2C(F)(F)F)CC1. The maximum absolute atomic E-state index is 13.7. The summed E-state index contributed by atoms with van der Waals surface area (Å²) in [5, 5.41) is 5.88. The highest BCUT2D eigenvalue weighted by molar-refractivity contribution is 9.10. The molecule has 3 aliphatic heterocycles. The minimum Gasteiger partial charge on any atom is -0.350 e. The quantitative estimate of drug-likeness (QED) is 0.471. The average Bonchev–Trinajstić information content (AvgIpc) is 3.67. The van der Waals surface area contributed by atoms with E-state index in [1.54, 1.807) is 0 Å². The first-order valence-corrected chi connectivity index (χ1v) is 13.3. The van der Waals surface area contributed by atoms with Gasteiger partial charge in [-0.3, -0.25) is 9.59 Å². The number of carbonyl (C=O) groups is 2. The summed E-state index contributed by atoms with van der Waals surface area (Å²) in [6.45, 7) is 2.78. The second kappa shape index (κ2) is 10.0. The third-order valence-electron chi connectivity index (χ3n) is 7.95. The van der Waals surface area contributed by atoms with Gasteiger partial charge >= 0.3 is 6.18 Å². The fourth-order valence-corrected chi connectivity index (χ4v) is 5.95. The van der Waals surface area contributed by atoms with Gasteiger partial charge in [-0.25, -0.2) is 4.39 Å². The van der Waals surface area contributed by atoms with Crippen molar-refractivity contribution in [1.29, 1.82) is 0 Å². The maximum atomic E-state index is 13.7. The van der Waals surface area contributed by atoms with Crippen molar-refractivity contribution in [3.63, 3.8) is 0 Å². The van der Waals surface area contributed by atoms with Crippen molar-refractivity contribution in [2.24, 2.45) is 5.92 Å². The van der Waals surface area contributed by atoms with Gasteiger partial charge in [-0.05, 0) is 80.1 Å². The Kier molecular flexibility index (Phi) is 7.08. The van der Waals surface area contributed by atoms with E-state index >= 15 is 0 Å². The number of nitrogens with one attached hydrogen (secondary N) is 2. The average molecular weight is 582 g/mol. The molecule has 1 aliphatic carbocycles. The first-order chi connectivity index (χ1) is 17.5. The van der Waals surface area contributed by atoms with Crippen molar-refractivity contribution >= 4 is 27.7 Å². The summed E-state index contributed by atoms with van der Waals surface area (Å²) in [7, 11) is 0. The van der Waals surface area contributed by atoms with Gasteiger partial charge in [0.2, 0.25) is 11.8 Å². The number of fused-ring (bicyclic) bond motifs is 3. The van der Waals surface area contributed by atoms with Gasteiger partial charge in [0.15, 0.2) is 0 Å². The summed E-state index contributed by atoms with van der Waals surface area (Å²) in [4.78, 5) is 29.3. The summed E-state index contributed by atoms with van der Waals surface area (Å²) in [6.07, 6.45) is -2.22. The molecule has 5 nitrogen and oxygen atoms in total. The molecule has 2 aromatic carbocycles. The van der Waals surface area contributed by atoms with Crippen LogP contribution in [0.4, 0.5) is 17.6 Å². The van der Waals surface area contributed by atoms with E-state index in [9.17, 15) is 27.2 Å². The van der Waals surface area contributed by atoms with Crippen LogP contribution in [-0.4, -0.2) is 48.4 Å². The number of nitrogens with zero attached hydrogens (tertiary/aromatic N) is 1. The van der Waals surface area contributed by atoms with Crippen LogP contribution in [-0.2, 0) is 27.6 Å². The van der Waals surface area contributed by atoms with E-state index < -0.39 is 34.9 Å². The molecule has 0 spiro atoms. The number of benzene rings is 2. The van der Waals surface area contributed by atoms with Crippen LogP contribution in [0.25, 0.3) is 0 Å². The first-order valence-electron chi connectivity index (χ1n) is 12.5. The van der Waals surface area contributed by atoms with E-state index in [0.717, 1.165) is 54.6 Å². The highest BCUT2D eigenvalue weighted by atomic mass is 79.9. The van der Waals surface area contributed by atoms with E-state index in [-0.39, 0.29) is 36.8 Å². The van der Waals surface area contributed by atoms with E-state index in [1.807, 2.05) is 24.3 Å². The van der Waals surface area contributed by atoms with Crippen LogP contribution >= 0.6 is 15.9 Å². The van der Waals surface area contributed by atoms with Crippen molar-refractivity contribution in [2.45, 2.75) is 55.8 Å². The van der Waals surface area contributed by atoms with Crippen LogP contribution in [0, 0.1) is 11.7 Å². The standard InChI is InChI=1S/C27H28BrF4N3O2/c28-18-3-1-16(2-4-18)13-22(24(36)33-23-15-35-11-7-17(23)8-12-35)34-25(37)26(9-10-26)20-6-5-19(29)14-21(20)27(30,31)32/h1-6,14,17,22-23H,7-13,15H2,(H,33,36)(H,34,37). The second-order valence-corrected chi connectivity index (χ2v) is 11.3. The lowest BCUT2D eigenvalue weighted by Gasteiger charge is -2.45. The Morgan fingerprint density at radius 1 is 1.08 bits per heavy atom. The summed E-state index contributed by atoms with van der Waals surface area (Å²) in [6, 6.07) is 8.76. The van der Waals surface area contributed by atoms with Crippen LogP contribution < -0.4 is 10.6 Å². The molecule has 1 saturated carbocycles. The van der Waals surface area contributed by atoms with Crippen LogP contribution in [0.3, 0.4) is 0 Å². The Morgan fingerprint density at radius 2 is 1.76 bits per heavy atom. The Morgan fingerprint density at radius 3 is 2.32 bits per heavy atom. The Bertz CT molecular complexity index is 1180. The molecule has 0 aromatic heterocycles. The highest BCUT2D eigenvalue weighted by Crippen LogP contribution is 2.52. The smallest absolute Gasteiger partial charge is 0.350 e. The Hall–Kier alpha value is -2.46. The molecule has 2 bridgehead atoms. The molecular formula is C27H28BrF4N3O2. The Labute approximate surface area is 221 Å². The molecular weight excluding hydrogens is 554 g/mol. The fraction of sp³-hybridized carbons (Fsp3) is 0.481. The van der Waals surface area contributed by atoms with Crippen LogP contribution in [0.1, 0.15) is 42.4 Å². The molecule has 2 atom stereocenters. The number of amides is 2. The molecule has 37 heavy (non-hydrogen) atoms. The van der Waals surface area contributed by atoms with E-state index in [4.69, 9.17) is 0 Å². The predicted octanol–water partition coefficient (Wildman–Crippen LogP) is 4.58. The molecule has 4 aliphatic rings. The monoisotopic (exact) mass is 581 g/mol. The van der Waals surface area contributed by atoms with Crippen molar-refractivity contribution in [2.75, 3.05) is 19.6 Å². The van der Waals surface area contributed by atoms with Crippen molar-refractivity contribution in [1.82, 2.24) is 15.5 Å². The lowest BCUT2D eigenvalue weighted by Crippen LogP contribution is -2.60. The molecule has 3 saturated heterocycles. The van der Waals surface area contributed by atoms with Gasteiger partial charge in [-0.2, -0.15) is 13.2 Å². The van der Waals surface area contributed by atoms with Crippen molar-refractivity contribution in [3.8, 4) is 0 Å². The topological polar surface area (TPSA) is 61.4 Å². The van der Waals surface area contributed by atoms with Crippen LogP contribution in [0.2, 0.25) is 0 Å². The molecule has 6 rings (SSSR count). The lowest BCUT2D eigenvalue weighted by molar-refractivity contribution is -0.139. The highest BCUT2D eigenvalue weighted by Gasteiger charge is 2.55. The van der Waals surface area contributed by atoms with Gasteiger partial charge in [0, 0.05) is 23.5 Å². The number of alkyl halides is 3. The molecule has 2 N–H and O–H groups in total. The van der Waals surface area contributed by atoms with Crippen molar-refractivity contribution < 1.29 is 27.2 Å². The van der Waals surface area contributed by atoms with E-state index in [1.165, 1.54) is 0 Å². The van der Waals surface area contributed by atoms with Crippen molar-refractivity contribution in [3.05, 3.63) is 69.4 Å². The summed E-state index contributed by atoms with van der Waals surface area (Å²) in [5.74, 6) is -1.63. The summed E-state index contributed by atoms with van der Waals surface area (Å²) < 4.78 is 55.7. The molecule has 10 heteroatoms. The minimum absolute atomic E-state index is 0.0249. The molecule has 0 radical (unpaired) electrons. The molecule has 198 valence electrons. The third kappa shape index (κ3) is 5.55. The predicted molar refractivity (Wildman–Crippen MR) is 133 cm³/mol. The molecule has 4 fully saturated rings. The number of piperidine rings is 3. The Balaban J connectivity index is 1.38. The first kappa shape index (κ1) is 26.2. The minimum atomic E-state index is -4.81. The lowest BCUT2D eigenvalue weighted by atomic mass is 9.84. The second-order valence-electron chi connectivity index (χ2n) is 10.4. The van der Waals surface area contributed by atoms with Gasteiger partial charge in [0.25, 0.3) is 0 Å². The number of hydrogen-bond donors (Lipinski definition) is 2. The van der Waals surface area contributed by atoms with E-state index in [2.05, 4.69) is 31.5 Å². The zero-order valence-electron chi connectivity index (χ0n) is 20.1. The number of halogens is 5. The maximum Gasteiger partial charge on any atom is 0.416 e. The zero-order chi connectivity index (χ0) is 26.4. The fourth-order valence-electron chi connectivity index (χ4n) is 5.69. The number of rotatable bonds is 7. The van der Waals surface area contributed by atoms with Crippen LogP contribution in [0.5, 0.6) is 0 Å². The van der Waals surface area contributed by atoms with Gasteiger partial charge in [-0.1, -0.05) is 34.1 Å². The summed E-state index contributed by atoms with van der Waals surface area (Å²) in [5.41, 5.74) is -2.03. The van der Waals surface area contributed by atoms with Crippen LogP contribution in [0.15, 0.2) is 46.9 Å². The van der Waals surface area contributed by atoms with Gasteiger partial charge < -0.3 is 15.5 Å². The van der Waals surface area contributed by atoms with Gasteiger partial charge in [-0.15, -0.1) is 0 Å². The van der Waals surface area contributed by atoms with Gasteiger partial charge in [0.05, 0.1) is 11.0 Å². The molecule has 3 heterocycles. The number of carbonyl (C=O) groups excluding carboxylic acids is 2. The van der Waals surface area contributed by atoms with Gasteiger partial charge in [0.1, 0.15) is 11.9 Å².